The van der Waals surface area contributed by atoms with Crippen LogP contribution in [-0.2, 0) is 19.0 Å². The lowest BCUT2D eigenvalue weighted by molar-refractivity contribution is -0.139. The first kappa shape index (κ1) is 24.0. The van der Waals surface area contributed by atoms with Crippen molar-refractivity contribution < 1.29 is 31.1 Å². The van der Waals surface area contributed by atoms with E-state index in [0.717, 1.165) is 18.2 Å². The molecule has 1 N–H and O–H groups in total. The summed E-state index contributed by atoms with van der Waals surface area (Å²) in [7, 11) is 0. The summed E-state index contributed by atoms with van der Waals surface area (Å²) in [6.45, 7) is -0.465. The van der Waals surface area contributed by atoms with Crippen LogP contribution in [0.2, 0.25) is 0 Å². The molecule has 0 unspecified atom stereocenters. The molecule has 0 aliphatic carbocycles. The van der Waals surface area contributed by atoms with Crippen LogP contribution in [0.5, 0.6) is 6.01 Å². The van der Waals surface area contributed by atoms with Crippen LogP contribution in [0, 0.1) is 0 Å². The number of benzene rings is 3. The maximum absolute atomic E-state index is 13.3. The number of nitrogens with one attached hydrogen (secondary N) is 1. The maximum Gasteiger partial charge on any atom is 0.416 e. The van der Waals surface area contributed by atoms with Crippen molar-refractivity contribution in [2.24, 2.45) is 0 Å². The van der Waals surface area contributed by atoms with E-state index in [1.807, 2.05) is 0 Å². The molecule has 1 aromatic heterocycles. The van der Waals surface area contributed by atoms with Crippen LogP contribution in [-0.4, -0.2) is 15.0 Å². The van der Waals surface area contributed by atoms with Crippen LogP contribution in [0.3, 0.4) is 0 Å². The summed E-state index contributed by atoms with van der Waals surface area (Å²) in [5.74, 6) is 0.104. The Hall–Kier alpha value is -4.15. The molecule has 0 atom stereocenters. The van der Waals surface area contributed by atoms with Crippen molar-refractivity contribution in [1.29, 1.82) is 0 Å². The Morgan fingerprint density at radius 1 is 0.686 bits per heavy atom. The van der Waals surface area contributed by atoms with Crippen LogP contribution >= 0.6 is 0 Å². The molecular formula is C24H16F6N4O. The summed E-state index contributed by atoms with van der Waals surface area (Å²) in [6.07, 6.45) is -9.05. The molecule has 0 bridgehead atoms. The number of alkyl halides is 6. The topological polar surface area (TPSA) is 59.9 Å². The summed E-state index contributed by atoms with van der Waals surface area (Å²) in [5, 5.41) is 2.78. The van der Waals surface area contributed by atoms with E-state index in [9.17, 15) is 26.3 Å². The van der Waals surface area contributed by atoms with Gasteiger partial charge in [-0.1, -0.05) is 48.5 Å². The molecule has 4 aromatic rings. The molecule has 180 valence electrons. The standard InChI is InChI=1S/C24H16F6N4O/c25-23(26,27)17-10-12-18(13-11-17)31-21-32-20(15-6-2-1-3-7-15)33-22(34-21)35-14-16-8-4-5-9-19(16)24(28,29)30/h1-13H,14H2,(H,31,32,33,34). The summed E-state index contributed by atoms with van der Waals surface area (Å²) < 4.78 is 83.8. The minimum atomic E-state index is -4.57. The van der Waals surface area contributed by atoms with Gasteiger partial charge < -0.3 is 10.1 Å². The van der Waals surface area contributed by atoms with Crippen molar-refractivity contribution in [1.82, 2.24) is 15.0 Å². The van der Waals surface area contributed by atoms with Gasteiger partial charge >= 0.3 is 18.4 Å². The fourth-order valence-corrected chi connectivity index (χ4v) is 3.13. The van der Waals surface area contributed by atoms with E-state index in [0.29, 0.717) is 5.56 Å². The highest BCUT2D eigenvalue weighted by atomic mass is 19.4. The molecule has 35 heavy (non-hydrogen) atoms. The van der Waals surface area contributed by atoms with Crippen molar-refractivity contribution in [3.8, 4) is 17.4 Å². The molecule has 3 aromatic carbocycles. The Morgan fingerprint density at radius 2 is 1.34 bits per heavy atom. The highest BCUT2D eigenvalue weighted by Crippen LogP contribution is 2.33. The van der Waals surface area contributed by atoms with E-state index >= 15 is 0 Å². The van der Waals surface area contributed by atoms with Crippen molar-refractivity contribution in [2.75, 3.05) is 5.32 Å². The Bertz CT molecular complexity index is 1290. The average molecular weight is 490 g/mol. The van der Waals surface area contributed by atoms with Crippen molar-refractivity contribution in [2.45, 2.75) is 19.0 Å². The molecule has 1 heterocycles. The molecule has 0 aliphatic rings. The second kappa shape index (κ2) is 9.61. The van der Waals surface area contributed by atoms with E-state index in [1.54, 1.807) is 30.3 Å². The van der Waals surface area contributed by atoms with Gasteiger partial charge in [-0.2, -0.15) is 41.3 Å². The third kappa shape index (κ3) is 6.05. The van der Waals surface area contributed by atoms with E-state index in [2.05, 4.69) is 20.3 Å². The number of hydrogen-bond donors (Lipinski definition) is 1. The number of ether oxygens (including phenoxy) is 1. The Kier molecular flexibility index (Phi) is 6.59. The lowest BCUT2D eigenvalue weighted by Crippen LogP contribution is -2.12. The molecular weight excluding hydrogens is 474 g/mol. The van der Waals surface area contributed by atoms with E-state index in [-0.39, 0.29) is 29.0 Å². The predicted molar refractivity (Wildman–Crippen MR) is 116 cm³/mol. The average Bonchev–Trinajstić information content (AvgIpc) is 2.82. The SMILES string of the molecule is FC(F)(F)c1ccc(Nc2nc(OCc3ccccc3C(F)(F)F)nc(-c3ccccc3)n2)cc1. The second-order valence-electron chi connectivity index (χ2n) is 7.27. The molecule has 0 saturated carbocycles. The number of rotatable bonds is 6. The fourth-order valence-electron chi connectivity index (χ4n) is 3.13. The smallest absolute Gasteiger partial charge is 0.416 e. The number of aromatic nitrogens is 3. The van der Waals surface area contributed by atoms with Crippen molar-refractivity contribution >= 4 is 11.6 Å². The van der Waals surface area contributed by atoms with Crippen LogP contribution in [0.1, 0.15) is 16.7 Å². The fraction of sp³-hybridized carbons (Fsp3) is 0.125. The van der Waals surface area contributed by atoms with Crippen LogP contribution in [0.4, 0.5) is 38.0 Å². The van der Waals surface area contributed by atoms with Gasteiger partial charge in [-0.25, -0.2) is 0 Å². The number of nitrogens with zero attached hydrogens (tertiary/aromatic N) is 3. The molecule has 0 aliphatic heterocycles. The van der Waals surface area contributed by atoms with Crippen LogP contribution in [0.15, 0.2) is 78.9 Å². The quantitative estimate of drug-likeness (QED) is 0.298. The first-order valence-corrected chi connectivity index (χ1v) is 10.1. The zero-order valence-corrected chi connectivity index (χ0v) is 17.7. The zero-order valence-electron chi connectivity index (χ0n) is 17.7. The van der Waals surface area contributed by atoms with Crippen molar-refractivity contribution in [3.63, 3.8) is 0 Å². The van der Waals surface area contributed by atoms with E-state index in [1.165, 1.54) is 30.3 Å². The zero-order chi connectivity index (χ0) is 25.1. The monoisotopic (exact) mass is 490 g/mol. The second-order valence-corrected chi connectivity index (χ2v) is 7.27. The Labute approximate surface area is 195 Å². The molecule has 0 saturated heterocycles. The number of halogens is 6. The van der Waals surface area contributed by atoms with Gasteiger partial charge in [-0.3, -0.25) is 0 Å². The van der Waals surface area contributed by atoms with Crippen molar-refractivity contribution in [3.05, 3.63) is 95.6 Å². The van der Waals surface area contributed by atoms with E-state index in [4.69, 9.17) is 4.74 Å². The highest BCUT2D eigenvalue weighted by Gasteiger charge is 2.33. The van der Waals surface area contributed by atoms with Gasteiger partial charge in [0.2, 0.25) is 5.95 Å². The molecule has 11 heteroatoms. The van der Waals surface area contributed by atoms with Gasteiger partial charge in [0, 0.05) is 16.8 Å². The summed E-state index contributed by atoms with van der Waals surface area (Å²) in [6, 6.07) is 17.6. The minimum absolute atomic E-state index is 0.0577. The van der Waals surface area contributed by atoms with Gasteiger partial charge in [0.25, 0.3) is 0 Å². The largest absolute Gasteiger partial charge is 0.458 e. The van der Waals surface area contributed by atoms with Gasteiger partial charge in [-0.15, -0.1) is 0 Å². The Morgan fingerprint density at radius 3 is 2.00 bits per heavy atom. The van der Waals surface area contributed by atoms with Crippen LogP contribution in [0.25, 0.3) is 11.4 Å². The van der Waals surface area contributed by atoms with Gasteiger partial charge in [0.1, 0.15) is 6.61 Å². The minimum Gasteiger partial charge on any atom is -0.458 e. The van der Waals surface area contributed by atoms with Gasteiger partial charge in [0.15, 0.2) is 5.82 Å². The van der Waals surface area contributed by atoms with Gasteiger partial charge in [-0.05, 0) is 30.3 Å². The lowest BCUT2D eigenvalue weighted by atomic mass is 10.1. The number of anilines is 2. The summed E-state index contributed by atoms with van der Waals surface area (Å²) in [4.78, 5) is 12.5. The molecule has 0 spiro atoms. The Balaban J connectivity index is 1.63. The predicted octanol–water partition coefficient (Wildman–Crippen LogP) is 6.90. The summed E-state index contributed by atoms with van der Waals surface area (Å²) >= 11 is 0. The van der Waals surface area contributed by atoms with Gasteiger partial charge in [0.05, 0.1) is 11.1 Å². The van der Waals surface area contributed by atoms with E-state index < -0.39 is 30.1 Å². The third-order valence-corrected chi connectivity index (χ3v) is 4.79. The molecule has 0 fully saturated rings. The highest BCUT2D eigenvalue weighted by molar-refractivity contribution is 5.59. The molecule has 0 radical (unpaired) electrons. The molecule has 0 amide bonds. The molecule has 5 nitrogen and oxygen atoms in total. The lowest BCUT2D eigenvalue weighted by Gasteiger charge is -2.14. The van der Waals surface area contributed by atoms with Crippen LogP contribution < -0.4 is 10.1 Å². The first-order valence-electron chi connectivity index (χ1n) is 10.1. The summed E-state index contributed by atoms with van der Waals surface area (Å²) in [5.41, 5.74) is -0.946. The third-order valence-electron chi connectivity index (χ3n) is 4.79. The number of hydrogen-bond acceptors (Lipinski definition) is 5. The normalized spacial score (nSPS) is 11.8. The maximum atomic E-state index is 13.3. The molecule has 4 rings (SSSR count). The first-order chi connectivity index (χ1) is 16.6.